The predicted octanol–water partition coefficient (Wildman–Crippen LogP) is 4.01. The van der Waals surface area contributed by atoms with Gasteiger partial charge < -0.3 is 0 Å². The molecule has 1 aromatic heterocycles. The van der Waals surface area contributed by atoms with Crippen LogP contribution in [0.3, 0.4) is 0 Å². The van der Waals surface area contributed by atoms with E-state index in [0.29, 0.717) is 5.69 Å². The topological polar surface area (TPSA) is 70.1 Å². The number of nitrogens with zero attached hydrogens (tertiary/aromatic N) is 2. The molecule has 0 aliphatic rings. The van der Waals surface area contributed by atoms with Gasteiger partial charge in [-0.3, -0.25) is 9.89 Å². The molecule has 0 saturated heterocycles. The van der Waals surface area contributed by atoms with Crippen molar-refractivity contribution in [3.8, 4) is 0 Å². The minimum absolute atomic E-state index is 0.0875. The number of aromatic amines is 1. The van der Waals surface area contributed by atoms with E-state index in [2.05, 4.69) is 65.8 Å². The van der Waals surface area contributed by atoms with Crippen molar-refractivity contribution in [1.29, 1.82) is 0 Å². The molecule has 2 N–H and O–H groups in total. The van der Waals surface area contributed by atoms with E-state index < -0.39 is 0 Å². The Labute approximate surface area is 147 Å². The Balaban J connectivity index is 1.75. The highest BCUT2D eigenvalue weighted by Crippen LogP contribution is 2.20. The summed E-state index contributed by atoms with van der Waals surface area (Å²) in [6.07, 6.45) is 0. The summed E-state index contributed by atoms with van der Waals surface area (Å²) in [7, 11) is 0. The minimum atomic E-state index is -0.327. The van der Waals surface area contributed by atoms with Gasteiger partial charge in [-0.25, -0.2) is 5.43 Å². The summed E-state index contributed by atoms with van der Waals surface area (Å²) in [4.78, 5) is 12.2. The van der Waals surface area contributed by atoms with Gasteiger partial charge in [-0.1, -0.05) is 57.2 Å². The lowest BCUT2D eigenvalue weighted by Crippen LogP contribution is -2.19. The average molecular weight is 334 g/mol. The van der Waals surface area contributed by atoms with Crippen LogP contribution in [0.5, 0.6) is 0 Å². The van der Waals surface area contributed by atoms with E-state index in [1.807, 2.05) is 25.1 Å². The summed E-state index contributed by atoms with van der Waals surface area (Å²) in [5.41, 5.74) is 5.44. The number of hydrogen-bond donors (Lipinski definition) is 2. The summed E-state index contributed by atoms with van der Waals surface area (Å²) in [5, 5.41) is 13.5. The fourth-order valence-corrected chi connectivity index (χ4v) is 2.49. The van der Waals surface area contributed by atoms with E-state index in [1.54, 1.807) is 6.07 Å². The number of carbonyl (C=O) groups excluding carboxylic acids is 1. The number of carbonyl (C=O) groups is 1. The van der Waals surface area contributed by atoms with Gasteiger partial charge >= 0.3 is 0 Å². The third-order valence-electron chi connectivity index (χ3n) is 4.11. The molecule has 128 valence electrons. The molecule has 5 heteroatoms. The van der Waals surface area contributed by atoms with Crippen molar-refractivity contribution in [2.75, 3.05) is 0 Å². The van der Waals surface area contributed by atoms with Gasteiger partial charge in [-0.15, -0.1) is 0 Å². The quantitative estimate of drug-likeness (QED) is 0.561. The van der Waals surface area contributed by atoms with Crippen LogP contribution in [0, 0.1) is 0 Å². The van der Waals surface area contributed by atoms with Gasteiger partial charge in [0.05, 0.1) is 5.71 Å². The highest BCUT2D eigenvalue weighted by Gasteiger charge is 2.19. The molecule has 0 aliphatic heterocycles. The van der Waals surface area contributed by atoms with Crippen LogP contribution in [0.1, 0.15) is 49.4 Å². The van der Waals surface area contributed by atoms with Crippen molar-refractivity contribution in [3.05, 3.63) is 65.5 Å². The number of H-pyrrole nitrogens is 1. The van der Waals surface area contributed by atoms with Crippen molar-refractivity contribution in [2.45, 2.75) is 33.1 Å². The SMILES string of the molecule is CC(=NNC(=O)c1cc(C(C)(C)C)[nH]n1)c1ccc2ccccc2c1. The molecule has 1 heterocycles. The van der Waals surface area contributed by atoms with Gasteiger partial charge in [0, 0.05) is 11.1 Å². The Bertz CT molecular complexity index is 947. The van der Waals surface area contributed by atoms with Crippen molar-refractivity contribution >= 4 is 22.4 Å². The normalized spacial score (nSPS) is 12.4. The summed E-state index contributed by atoms with van der Waals surface area (Å²) in [5.74, 6) is -0.327. The number of fused-ring (bicyclic) bond motifs is 1. The highest BCUT2D eigenvalue weighted by molar-refractivity contribution is 6.03. The first-order valence-corrected chi connectivity index (χ1v) is 8.24. The first-order valence-electron chi connectivity index (χ1n) is 8.24. The van der Waals surface area contributed by atoms with Crippen LogP contribution in [-0.2, 0) is 5.41 Å². The number of hydrazone groups is 1. The molecular formula is C20H22N4O. The van der Waals surface area contributed by atoms with Crippen molar-refractivity contribution in [3.63, 3.8) is 0 Å². The van der Waals surface area contributed by atoms with Crippen LogP contribution in [0.15, 0.2) is 53.6 Å². The zero-order chi connectivity index (χ0) is 18.0. The summed E-state index contributed by atoms with van der Waals surface area (Å²) >= 11 is 0. The van der Waals surface area contributed by atoms with Gasteiger partial charge in [-0.05, 0) is 35.4 Å². The minimum Gasteiger partial charge on any atom is -0.281 e. The van der Waals surface area contributed by atoms with Crippen LogP contribution in [0.25, 0.3) is 10.8 Å². The predicted molar refractivity (Wildman–Crippen MR) is 101 cm³/mol. The fraction of sp³-hybridized carbons (Fsp3) is 0.250. The third-order valence-corrected chi connectivity index (χ3v) is 4.11. The van der Waals surface area contributed by atoms with E-state index in [9.17, 15) is 4.79 Å². The Hall–Kier alpha value is -2.95. The van der Waals surface area contributed by atoms with Crippen LogP contribution in [-0.4, -0.2) is 21.8 Å². The lowest BCUT2D eigenvalue weighted by molar-refractivity contribution is 0.0950. The Morgan fingerprint density at radius 1 is 1.08 bits per heavy atom. The first kappa shape index (κ1) is 16.9. The average Bonchev–Trinajstić information content (AvgIpc) is 3.09. The number of amides is 1. The van der Waals surface area contributed by atoms with Crippen LogP contribution < -0.4 is 5.43 Å². The molecule has 0 atom stereocenters. The molecule has 2 aromatic carbocycles. The van der Waals surface area contributed by atoms with E-state index >= 15 is 0 Å². The molecule has 0 fully saturated rings. The lowest BCUT2D eigenvalue weighted by atomic mass is 9.92. The first-order chi connectivity index (χ1) is 11.8. The monoisotopic (exact) mass is 334 g/mol. The molecule has 25 heavy (non-hydrogen) atoms. The molecular weight excluding hydrogens is 312 g/mol. The number of benzene rings is 2. The summed E-state index contributed by atoms with van der Waals surface area (Å²) in [6, 6.07) is 16.0. The van der Waals surface area contributed by atoms with E-state index in [-0.39, 0.29) is 11.3 Å². The number of nitrogens with one attached hydrogen (secondary N) is 2. The number of hydrogen-bond acceptors (Lipinski definition) is 3. The van der Waals surface area contributed by atoms with Gasteiger partial charge in [0.25, 0.3) is 5.91 Å². The van der Waals surface area contributed by atoms with Gasteiger partial charge in [-0.2, -0.15) is 10.2 Å². The Morgan fingerprint density at radius 3 is 2.48 bits per heavy atom. The lowest BCUT2D eigenvalue weighted by Gasteiger charge is -2.14. The molecule has 1 amide bonds. The standard InChI is InChI=1S/C20H22N4O/c1-13(15-10-9-14-7-5-6-8-16(14)11-15)21-24-19(25)17-12-18(23-22-17)20(2,3)4/h5-12H,1-4H3,(H,22,23)(H,24,25). The largest absolute Gasteiger partial charge is 0.291 e. The Morgan fingerprint density at radius 2 is 1.80 bits per heavy atom. The zero-order valence-electron chi connectivity index (χ0n) is 14.9. The molecule has 0 spiro atoms. The third kappa shape index (κ3) is 3.76. The molecule has 0 radical (unpaired) electrons. The summed E-state index contributed by atoms with van der Waals surface area (Å²) < 4.78 is 0. The maximum Gasteiger partial charge on any atom is 0.291 e. The second kappa shape index (κ2) is 6.51. The molecule has 0 saturated carbocycles. The number of aromatic nitrogens is 2. The molecule has 0 bridgehead atoms. The molecule has 0 aliphatic carbocycles. The molecule has 0 unspecified atom stereocenters. The maximum atomic E-state index is 12.2. The van der Waals surface area contributed by atoms with Crippen molar-refractivity contribution < 1.29 is 4.79 Å². The smallest absolute Gasteiger partial charge is 0.281 e. The maximum absolute atomic E-state index is 12.2. The van der Waals surface area contributed by atoms with E-state index in [0.717, 1.165) is 22.4 Å². The van der Waals surface area contributed by atoms with E-state index in [4.69, 9.17) is 0 Å². The Kier molecular flexibility index (Phi) is 4.40. The van der Waals surface area contributed by atoms with Crippen molar-refractivity contribution in [2.24, 2.45) is 5.10 Å². The van der Waals surface area contributed by atoms with Crippen LogP contribution in [0.2, 0.25) is 0 Å². The second-order valence-electron chi connectivity index (χ2n) is 7.12. The van der Waals surface area contributed by atoms with E-state index in [1.165, 1.54) is 5.39 Å². The second-order valence-corrected chi connectivity index (χ2v) is 7.12. The molecule has 3 aromatic rings. The zero-order valence-corrected chi connectivity index (χ0v) is 14.9. The van der Waals surface area contributed by atoms with Gasteiger partial charge in [0.1, 0.15) is 0 Å². The number of rotatable bonds is 3. The van der Waals surface area contributed by atoms with Crippen molar-refractivity contribution in [1.82, 2.24) is 15.6 Å². The van der Waals surface area contributed by atoms with Gasteiger partial charge in [0.2, 0.25) is 0 Å². The molecule has 3 rings (SSSR count). The highest BCUT2D eigenvalue weighted by atomic mass is 16.2. The summed E-state index contributed by atoms with van der Waals surface area (Å²) in [6.45, 7) is 8.05. The van der Waals surface area contributed by atoms with Gasteiger partial charge in [0.15, 0.2) is 5.69 Å². The van der Waals surface area contributed by atoms with Crippen LogP contribution in [0.4, 0.5) is 0 Å². The van der Waals surface area contributed by atoms with Crippen LogP contribution >= 0.6 is 0 Å². The fourth-order valence-electron chi connectivity index (χ4n) is 2.49. The molecule has 5 nitrogen and oxygen atoms in total.